The third kappa shape index (κ3) is 12.9. The topological polar surface area (TPSA) is 151 Å². The highest BCUT2D eigenvalue weighted by Gasteiger charge is 2.58. The lowest BCUT2D eigenvalue weighted by Gasteiger charge is -2.46. The van der Waals surface area contributed by atoms with Crippen molar-refractivity contribution in [2.75, 3.05) is 0 Å². The number of rotatable bonds is 0. The Morgan fingerprint density at radius 1 is 0.314 bits per heavy atom. The van der Waals surface area contributed by atoms with Gasteiger partial charge in [-0.3, -0.25) is 0 Å². The van der Waals surface area contributed by atoms with Gasteiger partial charge in [0.15, 0.2) is 40.2 Å². The summed E-state index contributed by atoms with van der Waals surface area (Å²) in [7, 11) is 0. The van der Waals surface area contributed by atoms with Crippen LogP contribution in [0.3, 0.4) is 0 Å². The number of hydrogen-bond donors (Lipinski definition) is 0. The fraction of sp³-hybridized carbons (Fsp3) is 0.462. The lowest BCUT2D eigenvalue weighted by Crippen LogP contribution is -2.46. The molecule has 0 radical (unpaired) electrons. The van der Waals surface area contributed by atoms with E-state index in [1.54, 1.807) is 0 Å². The Bertz CT molecular complexity index is 4670. The van der Waals surface area contributed by atoms with Crippen molar-refractivity contribution in [1.82, 2.24) is 0 Å². The summed E-state index contributed by atoms with van der Waals surface area (Å²) in [5.41, 5.74) is 26.6. The van der Waals surface area contributed by atoms with Gasteiger partial charge < -0.3 is 33.9 Å². The molecule has 0 N–H and O–H groups in total. The average molecular weight is 1410 g/mol. The van der Waals surface area contributed by atoms with Gasteiger partial charge in [-0.15, -0.1) is 0 Å². The minimum absolute atomic E-state index is 0.110. The number of fused-ring (bicyclic) bond motifs is 16. The molecule has 0 bridgehead atoms. The summed E-state index contributed by atoms with van der Waals surface area (Å²) in [4.78, 5) is 39.8. The van der Waals surface area contributed by atoms with Gasteiger partial charge in [0.1, 0.15) is 0 Å². The zero-order valence-corrected chi connectivity index (χ0v) is 63.9. The van der Waals surface area contributed by atoms with Gasteiger partial charge in [0.25, 0.3) is 0 Å². The predicted molar refractivity (Wildman–Crippen MR) is 419 cm³/mol. The number of oxime groups is 7. The highest BCUT2D eigenvalue weighted by molar-refractivity contribution is 5.88. The molecule has 14 heteroatoms. The molecule has 7 aliphatic heterocycles. The minimum atomic E-state index is -0.230. The summed E-state index contributed by atoms with van der Waals surface area (Å²) < 4.78 is 0. The van der Waals surface area contributed by atoms with Crippen LogP contribution in [0.25, 0.3) is 0 Å². The SMILES string of the molecule is CC1=NOC2c3ccccc3CC12.CC1=NOC2c3ccccc3CCC12.CC1=NO[C@]2(C1)c1ccccc1CC2(C)C.CC1=NO[C@]2(C1)c1ccccc1CC2C.CC1=NO[C@]2(C1)c1ccccc1CCC2(C)C.CC1=NO[C@]2(C1)c1ccccc1CCC2C.CC1=NO[C@]2(CCc3ccccc32)C1. The number of benzene rings is 7. The second-order valence-electron chi connectivity index (χ2n) is 33.5. The van der Waals surface area contributed by atoms with Gasteiger partial charge in [0.2, 0.25) is 0 Å². The van der Waals surface area contributed by atoms with Crippen LogP contribution in [0, 0.1) is 34.5 Å². The molecule has 7 heterocycles. The predicted octanol–water partition coefficient (Wildman–Crippen LogP) is 20.7. The average Bonchev–Trinajstić information content (AvgIpc) is 1.44. The van der Waals surface area contributed by atoms with Crippen molar-refractivity contribution >= 4 is 40.0 Å². The molecule has 21 rings (SSSR count). The molecule has 7 aromatic carbocycles. The summed E-state index contributed by atoms with van der Waals surface area (Å²) >= 11 is 0. The van der Waals surface area contributed by atoms with E-state index in [2.05, 4.69) is 275 Å². The molecule has 105 heavy (non-hydrogen) atoms. The molecule has 0 saturated carbocycles. The first-order valence-electron chi connectivity index (χ1n) is 38.6. The molecule has 11 atom stereocenters. The van der Waals surface area contributed by atoms with E-state index >= 15 is 0 Å². The van der Waals surface area contributed by atoms with Crippen LogP contribution < -0.4 is 0 Å². The second-order valence-corrected chi connectivity index (χ2v) is 33.5. The van der Waals surface area contributed by atoms with E-state index < -0.39 is 0 Å². The van der Waals surface area contributed by atoms with E-state index in [1.165, 1.54) is 97.2 Å². The molecule has 7 aromatic rings. The van der Waals surface area contributed by atoms with E-state index in [0.29, 0.717) is 23.7 Å². The number of hydrogen-bond acceptors (Lipinski definition) is 14. The van der Waals surface area contributed by atoms with Crippen LogP contribution in [0.1, 0.15) is 238 Å². The smallest absolute Gasteiger partial charge is 0.173 e. The standard InChI is InChI=1S/C15H19NO.2C14H17NO.C13H15NO.2C12H13NO.C11H11NO/c1-11-10-15(17-16-11)13-7-5-4-6-12(13)8-9-14(15,2)3;1-10-8-14(16-15-10)12-7-5-4-6-11(12)9-13(14,2)3;1-10-7-8-12-5-3-4-6-13(12)14(10)9-11(2)15-16-14;1-9-7-11-5-3-4-6-12(11)13(9)8-10(2)14-15-13;1-9-8-12(14-13-9)7-6-10-4-2-3-5-11(10)12;1-8-10-7-6-9-4-2-3-5-11(9)12(10)14-13-8;1-7-10-6-8-4-2-3-5-9(8)11(10)13-12-7/h4-7H,8-10H2,1-3H3;4-7H,8-9H2,1-3H3;3-6,10H,7-9H2,1-2H3;3-6,9H,7-8H2,1-2H3;2-5H,6-8H2,1H3;2-5,10,12H,6-7H2,1H3;2-5,10-11H,6H2,1H3/t15-;14-;10?,14-;9?,13-;12-;;/m11001../s1. The van der Waals surface area contributed by atoms with Crippen molar-refractivity contribution in [1.29, 1.82) is 0 Å². The zero-order chi connectivity index (χ0) is 73.1. The first-order chi connectivity index (χ1) is 50.6. The van der Waals surface area contributed by atoms with Crippen LogP contribution >= 0.6 is 0 Å². The Morgan fingerprint density at radius 2 is 0.724 bits per heavy atom. The van der Waals surface area contributed by atoms with E-state index in [9.17, 15) is 0 Å². The van der Waals surface area contributed by atoms with Gasteiger partial charge in [-0.05, 0) is 169 Å². The Balaban J connectivity index is 0.0000000985. The number of aryl methyl sites for hydroxylation is 4. The molecule has 546 valence electrons. The summed E-state index contributed by atoms with van der Waals surface area (Å²) in [5.74, 6) is 2.09. The quantitative estimate of drug-likeness (QED) is 0.147. The lowest BCUT2D eigenvalue weighted by atomic mass is 9.61. The highest BCUT2D eigenvalue weighted by atomic mass is 16.7. The van der Waals surface area contributed by atoms with Crippen molar-refractivity contribution in [2.24, 2.45) is 70.6 Å². The van der Waals surface area contributed by atoms with Crippen LogP contribution in [0.2, 0.25) is 0 Å². The normalized spacial score (nSPS) is 30.2. The third-order valence-electron chi connectivity index (χ3n) is 25.7. The first-order valence-corrected chi connectivity index (χ1v) is 38.6. The van der Waals surface area contributed by atoms with Gasteiger partial charge in [0.05, 0.1) is 40.0 Å². The number of nitrogens with zero attached hydrogens (tertiary/aromatic N) is 7. The van der Waals surface area contributed by atoms with Gasteiger partial charge in [-0.1, -0.05) is 247 Å². The second kappa shape index (κ2) is 28.3. The first kappa shape index (κ1) is 71.4. The molecule has 14 nitrogen and oxygen atoms in total. The Morgan fingerprint density at radius 3 is 1.30 bits per heavy atom. The maximum atomic E-state index is 5.92. The van der Waals surface area contributed by atoms with Crippen molar-refractivity contribution in [3.8, 4) is 0 Å². The molecule has 7 aliphatic carbocycles. The third-order valence-corrected chi connectivity index (χ3v) is 25.7. The molecular weight excluding hydrogens is 1300 g/mol. The molecule has 5 spiro atoms. The van der Waals surface area contributed by atoms with E-state index in [0.717, 1.165) is 123 Å². The van der Waals surface area contributed by atoms with E-state index in [4.69, 9.17) is 33.9 Å². The van der Waals surface area contributed by atoms with E-state index in [1.807, 2.05) is 20.8 Å². The van der Waals surface area contributed by atoms with Crippen LogP contribution in [0.4, 0.5) is 0 Å². The Labute approximate surface area is 621 Å². The van der Waals surface area contributed by atoms with Crippen molar-refractivity contribution in [3.63, 3.8) is 0 Å². The Kier molecular flexibility index (Phi) is 19.2. The maximum Gasteiger partial charge on any atom is 0.173 e. The van der Waals surface area contributed by atoms with Crippen LogP contribution in [-0.2, 0) is 107 Å². The molecule has 0 aromatic heterocycles. The zero-order valence-electron chi connectivity index (χ0n) is 63.9. The maximum absolute atomic E-state index is 5.92. The van der Waals surface area contributed by atoms with Crippen LogP contribution in [0.5, 0.6) is 0 Å². The van der Waals surface area contributed by atoms with Gasteiger partial charge in [-0.2, -0.15) is 0 Å². The molecule has 0 saturated heterocycles. The molecule has 0 fully saturated rings. The van der Waals surface area contributed by atoms with E-state index in [-0.39, 0.29) is 51.0 Å². The Hall–Kier alpha value is -9.17. The summed E-state index contributed by atoms with van der Waals surface area (Å²) in [5, 5.41) is 28.9. The summed E-state index contributed by atoms with van der Waals surface area (Å²) in [6, 6.07) is 60.1. The molecule has 14 aliphatic rings. The summed E-state index contributed by atoms with van der Waals surface area (Å²) in [6.07, 6.45) is 17.6. The summed E-state index contributed by atoms with van der Waals surface area (Å²) in [6.45, 7) is 28.1. The van der Waals surface area contributed by atoms with Crippen molar-refractivity contribution in [2.45, 2.75) is 233 Å². The minimum Gasteiger partial charge on any atom is -0.387 e. The van der Waals surface area contributed by atoms with Gasteiger partial charge in [-0.25, -0.2) is 0 Å². The van der Waals surface area contributed by atoms with Crippen LogP contribution in [-0.4, -0.2) is 40.0 Å². The molecular formula is C91H105N7O7. The van der Waals surface area contributed by atoms with Gasteiger partial charge in [0, 0.05) is 94.4 Å². The monoisotopic (exact) mass is 1410 g/mol. The van der Waals surface area contributed by atoms with Crippen LogP contribution in [0.15, 0.2) is 206 Å². The van der Waals surface area contributed by atoms with Crippen molar-refractivity contribution < 1.29 is 33.9 Å². The molecule has 6 unspecified atom stereocenters. The van der Waals surface area contributed by atoms with Crippen molar-refractivity contribution in [3.05, 3.63) is 248 Å². The highest BCUT2D eigenvalue weighted by Crippen LogP contribution is 2.58. The molecule has 0 amide bonds. The largest absolute Gasteiger partial charge is 0.387 e. The fourth-order valence-electron chi connectivity index (χ4n) is 19.6. The van der Waals surface area contributed by atoms with Gasteiger partial charge >= 0.3 is 0 Å². The lowest BCUT2D eigenvalue weighted by molar-refractivity contribution is -0.119. The fourth-order valence-corrected chi connectivity index (χ4v) is 19.6.